The van der Waals surface area contributed by atoms with E-state index in [1.54, 1.807) is 30.3 Å². The van der Waals surface area contributed by atoms with Crippen LogP contribution < -0.4 is 16.4 Å². The molecule has 0 aliphatic rings. The topological polar surface area (TPSA) is 67.1 Å². The number of hydrogen-bond donors (Lipinski definition) is 3. The Morgan fingerprint density at radius 1 is 1.06 bits per heavy atom. The van der Waals surface area contributed by atoms with Crippen LogP contribution in [0.5, 0.6) is 0 Å². The lowest BCUT2D eigenvalue weighted by atomic mass is 10.2. The molecule has 2 aromatic rings. The van der Waals surface area contributed by atoms with E-state index < -0.39 is 0 Å². The van der Waals surface area contributed by atoms with E-state index in [0.717, 1.165) is 0 Å². The summed E-state index contributed by atoms with van der Waals surface area (Å²) >= 11 is 5.83. The molecule has 4 nitrogen and oxygen atoms in total. The number of rotatable bonds is 2. The predicted octanol–water partition coefficient (Wildman–Crippen LogP) is 3.57. The molecule has 0 saturated carbocycles. The third-order valence-electron chi connectivity index (χ3n) is 2.30. The molecule has 0 atom stereocenters. The molecule has 0 spiro atoms. The van der Waals surface area contributed by atoms with E-state index >= 15 is 0 Å². The summed E-state index contributed by atoms with van der Waals surface area (Å²) in [7, 11) is 0. The van der Waals surface area contributed by atoms with E-state index in [-0.39, 0.29) is 6.03 Å². The van der Waals surface area contributed by atoms with Gasteiger partial charge in [0.25, 0.3) is 0 Å². The molecule has 92 valence electrons. The molecule has 0 fully saturated rings. The molecule has 0 bridgehead atoms. The van der Waals surface area contributed by atoms with Crippen molar-refractivity contribution >= 4 is 34.7 Å². The normalized spacial score (nSPS) is 9.83. The summed E-state index contributed by atoms with van der Waals surface area (Å²) in [6, 6.07) is 13.7. The monoisotopic (exact) mass is 261 g/mol. The number of nitrogen functional groups attached to an aromatic ring is 1. The first-order valence-electron chi connectivity index (χ1n) is 5.33. The fourth-order valence-corrected chi connectivity index (χ4v) is 1.62. The molecule has 0 aliphatic heterocycles. The van der Waals surface area contributed by atoms with Crippen LogP contribution in [0.25, 0.3) is 0 Å². The summed E-state index contributed by atoms with van der Waals surface area (Å²) in [6.45, 7) is 0. The number of hydrogen-bond acceptors (Lipinski definition) is 2. The van der Waals surface area contributed by atoms with Gasteiger partial charge in [0.15, 0.2) is 0 Å². The standard InChI is InChI=1S/C13H12ClN3O/c14-9-6-7-11(15)12(8-9)17-13(18)16-10-4-2-1-3-5-10/h1-8H,15H2,(H2,16,17,18). The van der Waals surface area contributed by atoms with Gasteiger partial charge in [0.05, 0.1) is 11.4 Å². The molecule has 0 aromatic heterocycles. The van der Waals surface area contributed by atoms with Crippen molar-refractivity contribution in [3.8, 4) is 0 Å². The molecule has 0 radical (unpaired) electrons. The molecular formula is C13H12ClN3O. The van der Waals surface area contributed by atoms with Crippen molar-refractivity contribution < 1.29 is 4.79 Å². The van der Waals surface area contributed by atoms with Crippen molar-refractivity contribution in [2.24, 2.45) is 0 Å². The molecule has 2 aromatic carbocycles. The molecule has 4 N–H and O–H groups in total. The van der Waals surface area contributed by atoms with Gasteiger partial charge in [-0.25, -0.2) is 4.79 Å². The Morgan fingerprint density at radius 2 is 1.78 bits per heavy atom. The number of nitrogens with one attached hydrogen (secondary N) is 2. The smallest absolute Gasteiger partial charge is 0.323 e. The Balaban J connectivity index is 2.05. The highest BCUT2D eigenvalue weighted by atomic mass is 35.5. The fraction of sp³-hybridized carbons (Fsp3) is 0. The van der Waals surface area contributed by atoms with Gasteiger partial charge in [-0.1, -0.05) is 29.8 Å². The van der Waals surface area contributed by atoms with Gasteiger partial charge in [-0.15, -0.1) is 0 Å². The van der Waals surface area contributed by atoms with Crippen molar-refractivity contribution in [1.29, 1.82) is 0 Å². The van der Waals surface area contributed by atoms with Gasteiger partial charge in [-0.3, -0.25) is 0 Å². The van der Waals surface area contributed by atoms with E-state index in [1.807, 2.05) is 18.2 Å². The van der Waals surface area contributed by atoms with E-state index in [0.29, 0.717) is 22.1 Å². The number of para-hydroxylation sites is 1. The Kier molecular flexibility index (Phi) is 3.69. The summed E-state index contributed by atoms with van der Waals surface area (Å²) in [6.07, 6.45) is 0. The number of anilines is 3. The first-order chi connectivity index (χ1) is 8.65. The highest BCUT2D eigenvalue weighted by Crippen LogP contribution is 2.23. The first kappa shape index (κ1) is 12.3. The molecular weight excluding hydrogens is 250 g/mol. The highest BCUT2D eigenvalue weighted by Gasteiger charge is 2.05. The minimum Gasteiger partial charge on any atom is -0.397 e. The number of carbonyl (C=O) groups excluding carboxylic acids is 1. The summed E-state index contributed by atoms with van der Waals surface area (Å²) in [4.78, 5) is 11.7. The van der Waals surface area contributed by atoms with Crippen LogP contribution in [0.15, 0.2) is 48.5 Å². The van der Waals surface area contributed by atoms with Gasteiger partial charge >= 0.3 is 6.03 Å². The lowest BCUT2D eigenvalue weighted by Crippen LogP contribution is -2.20. The van der Waals surface area contributed by atoms with Gasteiger partial charge < -0.3 is 16.4 Å². The van der Waals surface area contributed by atoms with Crippen LogP contribution >= 0.6 is 11.6 Å². The summed E-state index contributed by atoms with van der Waals surface area (Å²) < 4.78 is 0. The maximum Gasteiger partial charge on any atom is 0.323 e. The summed E-state index contributed by atoms with van der Waals surface area (Å²) in [5.41, 5.74) is 7.38. The molecule has 18 heavy (non-hydrogen) atoms. The zero-order chi connectivity index (χ0) is 13.0. The second-order valence-electron chi connectivity index (χ2n) is 3.68. The van der Waals surface area contributed by atoms with Crippen LogP contribution in [0.4, 0.5) is 21.9 Å². The zero-order valence-corrected chi connectivity index (χ0v) is 10.2. The SMILES string of the molecule is Nc1ccc(Cl)cc1NC(=O)Nc1ccccc1. The molecule has 0 heterocycles. The maximum atomic E-state index is 11.7. The Hall–Kier alpha value is -2.20. The van der Waals surface area contributed by atoms with Crippen LogP contribution in [-0.2, 0) is 0 Å². The highest BCUT2D eigenvalue weighted by molar-refractivity contribution is 6.31. The fourth-order valence-electron chi connectivity index (χ4n) is 1.44. The molecule has 0 unspecified atom stereocenters. The average Bonchev–Trinajstić information content (AvgIpc) is 2.35. The van der Waals surface area contributed by atoms with Crippen LogP contribution in [0.1, 0.15) is 0 Å². The summed E-state index contributed by atoms with van der Waals surface area (Å²) in [5.74, 6) is 0. The Morgan fingerprint density at radius 3 is 2.50 bits per heavy atom. The minimum absolute atomic E-state index is 0.366. The third-order valence-corrected chi connectivity index (χ3v) is 2.53. The number of benzene rings is 2. The number of carbonyl (C=O) groups is 1. The van der Waals surface area contributed by atoms with Gasteiger partial charge in [0.2, 0.25) is 0 Å². The number of halogens is 1. The van der Waals surface area contributed by atoms with E-state index in [9.17, 15) is 4.79 Å². The van der Waals surface area contributed by atoms with Crippen molar-refractivity contribution in [3.63, 3.8) is 0 Å². The van der Waals surface area contributed by atoms with E-state index in [2.05, 4.69) is 10.6 Å². The van der Waals surface area contributed by atoms with E-state index in [1.165, 1.54) is 0 Å². The van der Waals surface area contributed by atoms with Gasteiger partial charge in [-0.05, 0) is 30.3 Å². The second kappa shape index (κ2) is 5.42. The lowest BCUT2D eigenvalue weighted by molar-refractivity contribution is 0.262. The van der Waals surface area contributed by atoms with Crippen LogP contribution in [0, 0.1) is 0 Å². The molecule has 2 amide bonds. The van der Waals surface area contributed by atoms with Gasteiger partial charge in [-0.2, -0.15) is 0 Å². The van der Waals surface area contributed by atoms with Gasteiger partial charge in [0.1, 0.15) is 0 Å². The molecule has 0 aliphatic carbocycles. The number of nitrogens with two attached hydrogens (primary N) is 1. The van der Waals surface area contributed by atoms with Crippen LogP contribution in [-0.4, -0.2) is 6.03 Å². The summed E-state index contributed by atoms with van der Waals surface area (Å²) in [5, 5.41) is 5.84. The first-order valence-corrected chi connectivity index (χ1v) is 5.71. The van der Waals surface area contributed by atoms with E-state index in [4.69, 9.17) is 17.3 Å². The van der Waals surface area contributed by atoms with Crippen LogP contribution in [0.2, 0.25) is 5.02 Å². The largest absolute Gasteiger partial charge is 0.397 e. The Labute approximate surface area is 110 Å². The van der Waals surface area contributed by atoms with Crippen molar-refractivity contribution in [1.82, 2.24) is 0 Å². The molecule has 5 heteroatoms. The third kappa shape index (κ3) is 3.15. The van der Waals surface area contributed by atoms with Gasteiger partial charge in [0, 0.05) is 10.7 Å². The second-order valence-corrected chi connectivity index (χ2v) is 4.11. The van der Waals surface area contributed by atoms with Crippen molar-refractivity contribution in [2.75, 3.05) is 16.4 Å². The lowest BCUT2D eigenvalue weighted by Gasteiger charge is -2.09. The van der Waals surface area contributed by atoms with Crippen LogP contribution in [0.3, 0.4) is 0 Å². The molecule has 2 rings (SSSR count). The minimum atomic E-state index is -0.366. The van der Waals surface area contributed by atoms with Crippen molar-refractivity contribution in [2.45, 2.75) is 0 Å². The number of urea groups is 1. The average molecular weight is 262 g/mol. The maximum absolute atomic E-state index is 11.7. The molecule has 0 saturated heterocycles. The Bertz CT molecular complexity index is 557. The van der Waals surface area contributed by atoms with Crippen molar-refractivity contribution in [3.05, 3.63) is 53.6 Å². The quantitative estimate of drug-likeness (QED) is 0.724. The zero-order valence-electron chi connectivity index (χ0n) is 9.48. The number of amides is 2. The predicted molar refractivity (Wildman–Crippen MR) is 74.9 cm³/mol.